The molecule has 1 saturated heterocycles. The van der Waals surface area contributed by atoms with Gasteiger partial charge >= 0.3 is 6.09 Å². The predicted octanol–water partition coefficient (Wildman–Crippen LogP) is -0.948. The number of hydrazine groups is 1. The van der Waals surface area contributed by atoms with Crippen LogP contribution in [0.5, 0.6) is 0 Å². The minimum absolute atomic E-state index is 0.0486. The second kappa shape index (κ2) is 12.7. The summed E-state index contributed by atoms with van der Waals surface area (Å²) in [7, 11) is 0. The Bertz CT molecular complexity index is 252. The molecule has 0 aliphatic carbocycles. The van der Waals surface area contributed by atoms with Crippen molar-refractivity contribution < 1.29 is 33.2 Å². The highest BCUT2D eigenvalue weighted by Crippen LogP contribution is 1.97. The van der Waals surface area contributed by atoms with Crippen LogP contribution in [0.2, 0.25) is 0 Å². The molecule has 1 rings (SSSR count). The van der Waals surface area contributed by atoms with Gasteiger partial charge in [0.1, 0.15) is 12.7 Å². The zero-order valence-electron chi connectivity index (χ0n) is 12.1. The van der Waals surface area contributed by atoms with Gasteiger partial charge in [-0.05, 0) is 0 Å². The molecule has 9 heteroatoms. The van der Waals surface area contributed by atoms with E-state index < -0.39 is 6.09 Å². The fraction of sp³-hybridized carbons (Fsp3) is 0.917. The average Bonchev–Trinajstić information content (AvgIpc) is 2.51. The van der Waals surface area contributed by atoms with Gasteiger partial charge in [-0.15, -0.1) is 0 Å². The van der Waals surface area contributed by atoms with Crippen molar-refractivity contribution in [3.05, 3.63) is 0 Å². The minimum atomic E-state index is -0.716. The Morgan fingerprint density at radius 2 is 1.48 bits per heavy atom. The van der Waals surface area contributed by atoms with Crippen LogP contribution in [0, 0.1) is 0 Å². The fourth-order valence-corrected chi connectivity index (χ4v) is 1.50. The first-order valence-corrected chi connectivity index (χ1v) is 6.89. The quantitative estimate of drug-likeness (QED) is 0.382. The molecule has 0 radical (unpaired) electrons. The number of hydrogen-bond donors (Lipinski definition) is 2. The molecule has 0 saturated carbocycles. The third kappa shape index (κ3) is 10.4. The molecule has 1 aliphatic rings. The molecule has 0 bridgehead atoms. The topological polar surface area (TPSA) is 111 Å². The van der Waals surface area contributed by atoms with Crippen LogP contribution in [0.4, 0.5) is 4.79 Å². The molecule has 3 N–H and O–H groups in total. The molecule has 1 amide bonds. The standard InChI is InChI=1S/C12H24N2O7/c13-14-12(15)21-10-11-9-19-6-5-17-2-1-16-3-4-18-7-8-20-11/h11H,1-10,13H2,(H,14,15). The van der Waals surface area contributed by atoms with Crippen molar-refractivity contribution in [3.63, 3.8) is 0 Å². The van der Waals surface area contributed by atoms with Crippen LogP contribution in [0.15, 0.2) is 0 Å². The molecule has 0 aromatic heterocycles. The molecule has 1 unspecified atom stereocenters. The SMILES string of the molecule is NNC(=O)OCC1COCCOCCOCCOCCO1. The third-order valence-corrected chi connectivity index (χ3v) is 2.52. The molecule has 1 atom stereocenters. The average molecular weight is 308 g/mol. The lowest BCUT2D eigenvalue weighted by atomic mass is 10.4. The highest BCUT2D eigenvalue weighted by Gasteiger charge is 2.13. The number of carbonyl (C=O) groups excluding carboxylic acids is 1. The molecule has 124 valence electrons. The van der Waals surface area contributed by atoms with E-state index >= 15 is 0 Å². The Morgan fingerprint density at radius 3 is 2.05 bits per heavy atom. The molecular formula is C12H24N2O7. The summed E-state index contributed by atoms with van der Waals surface area (Å²) in [4.78, 5) is 10.9. The molecule has 1 fully saturated rings. The molecule has 1 heterocycles. The van der Waals surface area contributed by atoms with Crippen LogP contribution in [0.3, 0.4) is 0 Å². The van der Waals surface area contributed by atoms with E-state index in [4.69, 9.17) is 34.3 Å². The zero-order chi connectivity index (χ0) is 15.2. The molecule has 1 aliphatic heterocycles. The van der Waals surface area contributed by atoms with Crippen LogP contribution in [-0.2, 0) is 28.4 Å². The fourth-order valence-electron chi connectivity index (χ4n) is 1.50. The number of carbonyl (C=O) groups is 1. The Labute approximate surface area is 123 Å². The van der Waals surface area contributed by atoms with Crippen LogP contribution >= 0.6 is 0 Å². The van der Waals surface area contributed by atoms with Gasteiger partial charge in [-0.1, -0.05) is 0 Å². The Morgan fingerprint density at radius 1 is 0.952 bits per heavy atom. The highest BCUT2D eigenvalue weighted by molar-refractivity contribution is 5.66. The molecule has 0 spiro atoms. The van der Waals surface area contributed by atoms with E-state index in [0.717, 1.165) is 0 Å². The van der Waals surface area contributed by atoms with Gasteiger partial charge in [0.15, 0.2) is 0 Å². The summed E-state index contributed by atoms with van der Waals surface area (Å²) >= 11 is 0. The summed E-state index contributed by atoms with van der Waals surface area (Å²) in [5.74, 6) is 4.93. The van der Waals surface area contributed by atoms with Gasteiger partial charge < -0.3 is 28.4 Å². The first-order chi connectivity index (χ1) is 10.3. The molecule has 21 heavy (non-hydrogen) atoms. The number of nitrogens with one attached hydrogen (secondary N) is 1. The van der Waals surface area contributed by atoms with Gasteiger partial charge in [-0.2, -0.15) is 0 Å². The summed E-state index contributed by atoms with van der Waals surface area (Å²) < 4.78 is 31.7. The van der Waals surface area contributed by atoms with E-state index in [1.807, 2.05) is 5.43 Å². The van der Waals surface area contributed by atoms with Crippen LogP contribution in [0.1, 0.15) is 0 Å². The van der Waals surface area contributed by atoms with Gasteiger partial charge in [-0.3, -0.25) is 5.43 Å². The van der Waals surface area contributed by atoms with Crippen molar-refractivity contribution in [1.82, 2.24) is 5.43 Å². The smallest absolute Gasteiger partial charge is 0.421 e. The zero-order valence-corrected chi connectivity index (χ0v) is 12.1. The largest absolute Gasteiger partial charge is 0.446 e. The molecular weight excluding hydrogens is 284 g/mol. The minimum Gasteiger partial charge on any atom is -0.446 e. The van der Waals surface area contributed by atoms with Gasteiger partial charge in [0.05, 0.1) is 59.5 Å². The summed E-state index contributed by atoms with van der Waals surface area (Å²) in [6, 6.07) is 0. The van der Waals surface area contributed by atoms with Crippen molar-refractivity contribution in [2.75, 3.05) is 66.1 Å². The van der Waals surface area contributed by atoms with Gasteiger partial charge in [0.2, 0.25) is 0 Å². The van der Waals surface area contributed by atoms with Crippen LogP contribution in [-0.4, -0.2) is 78.3 Å². The van der Waals surface area contributed by atoms with Crippen molar-refractivity contribution in [2.24, 2.45) is 5.84 Å². The monoisotopic (exact) mass is 308 g/mol. The van der Waals surface area contributed by atoms with Crippen molar-refractivity contribution in [1.29, 1.82) is 0 Å². The third-order valence-electron chi connectivity index (χ3n) is 2.52. The normalized spacial score (nSPS) is 23.6. The molecule has 9 nitrogen and oxygen atoms in total. The van der Waals surface area contributed by atoms with Crippen LogP contribution < -0.4 is 11.3 Å². The van der Waals surface area contributed by atoms with Crippen molar-refractivity contribution >= 4 is 6.09 Å². The van der Waals surface area contributed by atoms with Crippen molar-refractivity contribution in [3.8, 4) is 0 Å². The molecule has 0 aromatic carbocycles. The van der Waals surface area contributed by atoms with E-state index in [1.165, 1.54) is 0 Å². The van der Waals surface area contributed by atoms with E-state index in [9.17, 15) is 4.79 Å². The summed E-state index contributed by atoms with van der Waals surface area (Å²) in [5.41, 5.74) is 1.88. The Balaban J connectivity index is 2.27. The Hall–Kier alpha value is -0.970. The van der Waals surface area contributed by atoms with Gasteiger partial charge in [0.25, 0.3) is 0 Å². The van der Waals surface area contributed by atoms with Crippen LogP contribution in [0.25, 0.3) is 0 Å². The number of nitrogens with two attached hydrogens (primary N) is 1. The van der Waals surface area contributed by atoms with E-state index in [-0.39, 0.29) is 19.3 Å². The van der Waals surface area contributed by atoms with Crippen molar-refractivity contribution in [2.45, 2.75) is 6.10 Å². The van der Waals surface area contributed by atoms with E-state index in [2.05, 4.69) is 0 Å². The second-order valence-corrected chi connectivity index (χ2v) is 4.15. The lowest BCUT2D eigenvalue weighted by Crippen LogP contribution is -2.35. The Kier molecular flexibility index (Phi) is 11.0. The van der Waals surface area contributed by atoms with Gasteiger partial charge in [0, 0.05) is 0 Å². The first kappa shape index (κ1) is 18.1. The van der Waals surface area contributed by atoms with E-state index in [0.29, 0.717) is 52.9 Å². The second-order valence-electron chi connectivity index (χ2n) is 4.15. The maximum atomic E-state index is 10.9. The lowest BCUT2D eigenvalue weighted by Gasteiger charge is -2.18. The first-order valence-electron chi connectivity index (χ1n) is 6.89. The number of ether oxygens (including phenoxy) is 6. The predicted molar refractivity (Wildman–Crippen MR) is 71.7 cm³/mol. The number of amides is 1. The number of hydrogen-bond acceptors (Lipinski definition) is 8. The maximum absolute atomic E-state index is 10.9. The van der Waals surface area contributed by atoms with Gasteiger partial charge in [-0.25, -0.2) is 10.6 Å². The molecule has 0 aromatic rings. The lowest BCUT2D eigenvalue weighted by molar-refractivity contribution is -0.0663. The summed E-state index contributed by atoms with van der Waals surface area (Å²) in [6.07, 6.45) is -1.10. The maximum Gasteiger partial charge on any atom is 0.421 e. The summed E-state index contributed by atoms with van der Waals surface area (Å²) in [5, 5.41) is 0. The summed E-state index contributed by atoms with van der Waals surface area (Å²) in [6.45, 7) is 4.10. The highest BCUT2D eigenvalue weighted by atomic mass is 16.6. The number of rotatable bonds is 2. The van der Waals surface area contributed by atoms with E-state index in [1.54, 1.807) is 0 Å².